The highest BCUT2D eigenvalue weighted by molar-refractivity contribution is 7.98. The molecule has 1 fully saturated rings. The molecule has 8 heteroatoms. The van der Waals surface area contributed by atoms with E-state index in [-0.39, 0.29) is 6.54 Å². The molecule has 1 unspecified atom stereocenters. The van der Waals surface area contributed by atoms with Crippen LogP contribution in [0.2, 0.25) is 0 Å². The summed E-state index contributed by atoms with van der Waals surface area (Å²) in [7, 11) is -3.72. The molecule has 116 valence electrons. The second-order valence-corrected chi connectivity index (χ2v) is 7.42. The van der Waals surface area contributed by atoms with Crippen molar-refractivity contribution in [3.8, 4) is 0 Å². The molecule has 1 aromatic carbocycles. The molecular formula is C13H18N2O4S2. The maximum atomic E-state index is 12.3. The van der Waals surface area contributed by atoms with Gasteiger partial charge in [0.25, 0.3) is 0 Å². The Morgan fingerprint density at radius 3 is 2.90 bits per heavy atom. The number of hydrogen-bond donors (Lipinski definition) is 2. The van der Waals surface area contributed by atoms with E-state index in [1.54, 1.807) is 18.2 Å². The fourth-order valence-electron chi connectivity index (χ4n) is 2.26. The molecule has 1 aliphatic heterocycles. The monoisotopic (exact) mass is 330 g/mol. The van der Waals surface area contributed by atoms with Gasteiger partial charge in [0, 0.05) is 18.0 Å². The first kappa shape index (κ1) is 16.1. The Morgan fingerprint density at radius 1 is 1.48 bits per heavy atom. The lowest BCUT2D eigenvalue weighted by atomic mass is 10.0. The lowest BCUT2D eigenvalue weighted by Gasteiger charge is -2.30. The minimum absolute atomic E-state index is 0.0207. The van der Waals surface area contributed by atoms with E-state index < -0.39 is 22.1 Å². The number of anilines is 1. The van der Waals surface area contributed by atoms with Gasteiger partial charge in [-0.3, -0.25) is 9.52 Å². The van der Waals surface area contributed by atoms with Gasteiger partial charge in [-0.1, -0.05) is 6.07 Å². The summed E-state index contributed by atoms with van der Waals surface area (Å²) >= 11 is 1.52. The molecule has 1 aliphatic rings. The lowest BCUT2D eigenvalue weighted by molar-refractivity contribution is -0.142. The molecule has 0 bridgehead atoms. The van der Waals surface area contributed by atoms with Gasteiger partial charge in [0.1, 0.15) is 0 Å². The van der Waals surface area contributed by atoms with Gasteiger partial charge >= 0.3 is 16.2 Å². The third kappa shape index (κ3) is 4.12. The molecule has 1 atom stereocenters. The molecule has 0 spiro atoms. The molecule has 1 aromatic rings. The van der Waals surface area contributed by atoms with Crippen molar-refractivity contribution in [1.29, 1.82) is 0 Å². The first-order valence-corrected chi connectivity index (χ1v) is 9.23. The van der Waals surface area contributed by atoms with E-state index in [0.29, 0.717) is 25.1 Å². The van der Waals surface area contributed by atoms with Gasteiger partial charge in [0.2, 0.25) is 0 Å². The van der Waals surface area contributed by atoms with Crippen LogP contribution >= 0.6 is 11.8 Å². The van der Waals surface area contributed by atoms with Crippen molar-refractivity contribution in [3.63, 3.8) is 0 Å². The standard InChI is InChI=1S/C13H18N2O4S2/c1-20-12-6-2-5-11(8-12)14-21(18,19)15-7-3-4-10(9-15)13(16)17/h2,5-6,8,10,14H,3-4,7,9H2,1H3,(H,16,17). The number of piperidine rings is 1. The molecule has 2 N–H and O–H groups in total. The maximum absolute atomic E-state index is 12.3. The summed E-state index contributed by atoms with van der Waals surface area (Å²) in [6.45, 7) is 0.369. The smallest absolute Gasteiger partial charge is 0.307 e. The second kappa shape index (κ2) is 6.67. The largest absolute Gasteiger partial charge is 0.481 e. The molecule has 0 radical (unpaired) electrons. The quantitative estimate of drug-likeness (QED) is 0.805. The first-order chi connectivity index (χ1) is 9.92. The molecule has 0 saturated carbocycles. The summed E-state index contributed by atoms with van der Waals surface area (Å²) in [5, 5.41) is 9.04. The molecule has 0 aliphatic carbocycles. The Bertz CT molecular complexity index is 618. The van der Waals surface area contributed by atoms with Crippen molar-refractivity contribution in [3.05, 3.63) is 24.3 Å². The van der Waals surface area contributed by atoms with Gasteiger partial charge in [0.15, 0.2) is 0 Å². The van der Waals surface area contributed by atoms with Crippen molar-refractivity contribution in [2.24, 2.45) is 5.92 Å². The van der Waals surface area contributed by atoms with Crippen LogP contribution < -0.4 is 4.72 Å². The number of rotatable bonds is 5. The van der Waals surface area contributed by atoms with Crippen molar-refractivity contribution in [1.82, 2.24) is 4.31 Å². The van der Waals surface area contributed by atoms with Crippen LogP contribution in [0.3, 0.4) is 0 Å². The minimum Gasteiger partial charge on any atom is -0.481 e. The number of carboxylic acids is 1. The fourth-order valence-corrected chi connectivity index (χ4v) is 4.02. The van der Waals surface area contributed by atoms with Gasteiger partial charge in [0.05, 0.1) is 11.6 Å². The van der Waals surface area contributed by atoms with Gasteiger partial charge in [-0.15, -0.1) is 11.8 Å². The number of carboxylic acid groups (broad SMARTS) is 1. The fraction of sp³-hybridized carbons (Fsp3) is 0.462. The number of hydrogen-bond acceptors (Lipinski definition) is 4. The molecule has 1 heterocycles. The van der Waals surface area contributed by atoms with E-state index >= 15 is 0 Å². The Labute approximate surface area is 128 Å². The number of benzene rings is 1. The van der Waals surface area contributed by atoms with Crippen LogP contribution in [0.15, 0.2) is 29.2 Å². The van der Waals surface area contributed by atoms with Crippen LogP contribution in [-0.2, 0) is 15.0 Å². The zero-order chi connectivity index (χ0) is 15.5. The third-order valence-electron chi connectivity index (χ3n) is 3.39. The molecule has 2 rings (SSSR count). The van der Waals surface area contributed by atoms with Crippen LogP contribution in [0.4, 0.5) is 5.69 Å². The van der Waals surface area contributed by atoms with E-state index in [0.717, 1.165) is 4.90 Å². The summed E-state index contributed by atoms with van der Waals surface area (Å²) in [4.78, 5) is 12.0. The van der Waals surface area contributed by atoms with E-state index in [9.17, 15) is 13.2 Å². The predicted molar refractivity (Wildman–Crippen MR) is 82.7 cm³/mol. The number of nitrogens with zero attached hydrogens (tertiary/aromatic N) is 1. The van der Waals surface area contributed by atoms with Crippen LogP contribution in [0, 0.1) is 5.92 Å². The van der Waals surface area contributed by atoms with Gasteiger partial charge in [-0.2, -0.15) is 12.7 Å². The summed E-state index contributed by atoms with van der Waals surface area (Å²) in [6.07, 6.45) is 2.99. The van der Waals surface area contributed by atoms with Gasteiger partial charge in [-0.25, -0.2) is 0 Å². The highest BCUT2D eigenvalue weighted by Crippen LogP contribution is 2.23. The van der Waals surface area contributed by atoms with Crippen molar-refractivity contribution >= 4 is 33.6 Å². The van der Waals surface area contributed by atoms with E-state index in [4.69, 9.17) is 5.11 Å². The van der Waals surface area contributed by atoms with Crippen LogP contribution in [-0.4, -0.2) is 43.1 Å². The zero-order valence-electron chi connectivity index (χ0n) is 11.7. The van der Waals surface area contributed by atoms with Crippen molar-refractivity contribution in [2.75, 3.05) is 24.1 Å². The number of aliphatic carboxylic acids is 1. The average Bonchev–Trinajstić information content (AvgIpc) is 2.47. The Balaban J connectivity index is 2.12. The van der Waals surface area contributed by atoms with Crippen LogP contribution in [0.25, 0.3) is 0 Å². The van der Waals surface area contributed by atoms with E-state index in [1.165, 1.54) is 16.1 Å². The molecule has 6 nitrogen and oxygen atoms in total. The average molecular weight is 330 g/mol. The van der Waals surface area contributed by atoms with Gasteiger partial charge < -0.3 is 5.11 Å². The zero-order valence-corrected chi connectivity index (χ0v) is 13.3. The number of thioether (sulfide) groups is 1. The Kier molecular flexibility index (Phi) is 5.13. The van der Waals surface area contributed by atoms with Crippen molar-refractivity contribution < 1.29 is 18.3 Å². The number of carbonyl (C=O) groups is 1. The highest BCUT2D eigenvalue weighted by Gasteiger charge is 2.32. The molecule has 21 heavy (non-hydrogen) atoms. The highest BCUT2D eigenvalue weighted by atomic mass is 32.2. The topological polar surface area (TPSA) is 86.7 Å². The summed E-state index contributed by atoms with van der Waals surface area (Å²) in [6, 6.07) is 7.10. The van der Waals surface area contributed by atoms with Crippen molar-refractivity contribution in [2.45, 2.75) is 17.7 Å². The lowest BCUT2D eigenvalue weighted by Crippen LogP contribution is -2.44. The summed E-state index contributed by atoms with van der Waals surface area (Å²) in [5.74, 6) is -1.58. The van der Waals surface area contributed by atoms with Gasteiger partial charge in [-0.05, 0) is 37.3 Å². The third-order valence-corrected chi connectivity index (χ3v) is 5.62. The SMILES string of the molecule is CSc1cccc(NS(=O)(=O)N2CCCC(C(=O)O)C2)c1. The first-order valence-electron chi connectivity index (χ1n) is 6.57. The number of nitrogens with one attached hydrogen (secondary N) is 1. The maximum Gasteiger partial charge on any atom is 0.307 e. The summed E-state index contributed by atoms with van der Waals surface area (Å²) < 4.78 is 28.4. The minimum atomic E-state index is -3.72. The molecular weight excluding hydrogens is 312 g/mol. The van der Waals surface area contributed by atoms with E-state index in [2.05, 4.69) is 4.72 Å². The Hall–Kier alpha value is -1.25. The molecule has 0 aromatic heterocycles. The molecule has 0 amide bonds. The second-order valence-electron chi connectivity index (χ2n) is 4.87. The predicted octanol–water partition coefficient (Wildman–Crippen LogP) is 1.86. The van der Waals surface area contributed by atoms with Crippen LogP contribution in [0.1, 0.15) is 12.8 Å². The Morgan fingerprint density at radius 2 is 2.24 bits per heavy atom. The van der Waals surface area contributed by atoms with Crippen LogP contribution in [0.5, 0.6) is 0 Å². The van der Waals surface area contributed by atoms with E-state index in [1.807, 2.05) is 12.3 Å². The normalized spacial score (nSPS) is 20.1. The molecule has 1 saturated heterocycles. The summed E-state index contributed by atoms with van der Waals surface area (Å²) in [5.41, 5.74) is 0.485.